The van der Waals surface area contributed by atoms with Crippen LogP contribution in [0.25, 0.3) is 0 Å². The van der Waals surface area contributed by atoms with Gasteiger partial charge in [0.25, 0.3) is 11.3 Å². The summed E-state index contributed by atoms with van der Waals surface area (Å²) in [5, 5.41) is 12.7. The highest BCUT2D eigenvalue weighted by Crippen LogP contribution is 2.13. The molecule has 2 heterocycles. The fourth-order valence-electron chi connectivity index (χ4n) is 3.82. The molecule has 196 valence electrons. The maximum Gasteiger partial charge on any atom is 0.326 e. The molecule has 3 aromatic rings. The Labute approximate surface area is 224 Å². The summed E-state index contributed by atoms with van der Waals surface area (Å²) >= 11 is 3.26. The van der Waals surface area contributed by atoms with Gasteiger partial charge in [-0.1, -0.05) is 36.5 Å². The van der Waals surface area contributed by atoms with Crippen molar-refractivity contribution in [1.29, 1.82) is 0 Å². The Hall–Kier alpha value is -3.25. The largest absolute Gasteiger partial charge is 0.480 e. The first kappa shape index (κ1) is 28.3. The summed E-state index contributed by atoms with van der Waals surface area (Å²) in [5.74, 6) is -0.939. The maximum atomic E-state index is 11.8. The predicted molar refractivity (Wildman–Crippen MR) is 148 cm³/mol. The van der Waals surface area contributed by atoms with Crippen molar-refractivity contribution in [3.63, 3.8) is 0 Å². The van der Waals surface area contributed by atoms with Crippen LogP contribution < -0.4 is 10.0 Å². The standard InChI is InChI=1S/C26H31N5O4S2/c32-26(33)24(29-25(36)17-20-10-12-21(13-11-20)30-37(34)35)9-3-6-16-31(18-22-7-1-4-14-27-22)19-23-8-2-5-15-28-23/h1-2,4-5,7-8,10-15,24,30H,3,6,9,16-19H2,(H,29,36)(H,32,33)(H,34,35). The van der Waals surface area contributed by atoms with Crippen molar-refractivity contribution in [2.45, 2.75) is 44.8 Å². The molecule has 11 heteroatoms. The van der Waals surface area contributed by atoms with Crippen LogP contribution in [-0.2, 0) is 35.6 Å². The van der Waals surface area contributed by atoms with Gasteiger partial charge in [0.2, 0.25) is 0 Å². The number of anilines is 1. The Morgan fingerprint density at radius 1 is 0.973 bits per heavy atom. The number of hydrogen-bond acceptors (Lipinski definition) is 6. The number of pyridine rings is 2. The van der Waals surface area contributed by atoms with E-state index in [0.29, 0.717) is 43.0 Å². The summed E-state index contributed by atoms with van der Waals surface area (Å²) < 4.78 is 22.1. The van der Waals surface area contributed by atoms with Crippen LogP contribution in [-0.4, -0.2) is 52.3 Å². The number of carbonyl (C=O) groups is 1. The first-order valence-electron chi connectivity index (χ1n) is 11.9. The van der Waals surface area contributed by atoms with Gasteiger partial charge in [0.1, 0.15) is 6.04 Å². The van der Waals surface area contributed by atoms with Crippen molar-refractivity contribution >= 4 is 40.1 Å². The third kappa shape index (κ3) is 10.7. The summed E-state index contributed by atoms with van der Waals surface area (Å²) in [6, 6.07) is 17.8. The molecule has 0 aliphatic heterocycles. The van der Waals surface area contributed by atoms with Crippen molar-refractivity contribution < 1.29 is 18.7 Å². The number of carboxylic acid groups (broad SMARTS) is 1. The molecule has 0 saturated carbocycles. The summed E-state index contributed by atoms with van der Waals surface area (Å²) in [6.45, 7) is 2.15. The van der Waals surface area contributed by atoms with Gasteiger partial charge in [-0.05, 0) is 67.8 Å². The van der Waals surface area contributed by atoms with E-state index in [1.165, 1.54) is 0 Å². The normalized spacial score (nSPS) is 12.6. The van der Waals surface area contributed by atoms with Crippen LogP contribution in [0.15, 0.2) is 73.1 Å². The first-order chi connectivity index (χ1) is 17.9. The zero-order valence-electron chi connectivity index (χ0n) is 20.3. The van der Waals surface area contributed by atoms with Gasteiger partial charge in [-0.15, -0.1) is 0 Å². The second-order valence-corrected chi connectivity index (χ2v) is 9.73. The third-order valence-corrected chi connectivity index (χ3v) is 6.27. The number of nitrogens with one attached hydrogen (secondary N) is 2. The van der Waals surface area contributed by atoms with E-state index < -0.39 is 23.3 Å². The zero-order chi connectivity index (χ0) is 26.5. The molecule has 0 bridgehead atoms. The molecular weight excluding hydrogens is 510 g/mol. The highest BCUT2D eigenvalue weighted by Gasteiger charge is 2.18. The lowest BCUT2D eigenvalue weighted by Crippen LogP contribution is -2.40. The minimum absolute atomic E-state index is 0.379. The smallest absolute Gasteiger partial charge is 0.326 e. The lowest BCUT2D eigenvalue weighted by atomic mass is 10.1. The fourth-order valence-corrected chi connectivity index (χ4v) is 4.47. The monoisotopic (exact) mass is 541 g/mol. The highest BCUT2D eigenvalue weighted by atomic mass is 32.2. The highest BCUT2D eigenvalue weighted by molar-refractivity contribution is 7.80. The molecule has 2 aromatic heterocycles. The van der Waals surface area contributed by atoms with Crippen molar-refractivity contribution in [3.8, 4) is 0 Å². The quantitative estimate of drug-likeness (QED) is 0.129. The Balaban J connectivity index is 1.48. The number of benzene rings is 1. The molecule has 4 N–H and O–H groups in total. The second kappa shape index (κ2) is 15.1. The van der Waals surface area contributed by atoms with Gasteiger partial charge in [-0.3, -0.25) is 24.1 Å². The molecule has 2 unspecified atom stereocenters. The molecule has 37 heavy (non-hydrogen) atoms. The molecular formula is C26H31N5O4S2. The van der Waals surface area contributed by atoms with Crippen molar-refractivity contribution in [2.24, 2.45) is 0 Å². The van der Waals surface area contributed by atoms with Gasteiger partial charge in [-0.2, -0.15) is 0 Å². The Morgan fingerprint density at radius 2 is 1.59 bits per heavy atom. The summed E-state index contributed by atoms with van der Waals surface area (Å²) in [4.78, 5) is 23.4. The van der Waals surface area contributed by atoms with E-state index in [0.717, 1.165) is 29.9 Å². The van der Waals surface area contributed by atoms with E-state index >= 15 is 0 Å². The van der Waals surface area contributed by atoms with E-state index in [9.17, 15) is 14.1 Å². The minimum atomic E-state index is -2.14. The molecule has 0 amide bonds. The van der Waals surface area contributed by atoms with Crippen LogP contribution in [0.4, 0.5) is 5.69 Å². The predicted octanol–water partition coefficient (Wildman–Crippen LogP) is 3.81. The van der Waals surface area contributed by atoms with Crippen LogP contribution in [0.5, 0.6) is 0 Å². The average Bonchev–Trinajstić information content (AvgIpc) is 2.87. The molecule has 0 fully saturated rings. The van der Waals surface area contributed by atoms with E-state index in [1.54, 1.807) is 36.7 Å². The molecule has 2 atom stereocenters. The number of hydrogen-bond donors (Lipinski definition) is 4. The molecule has 0 radical (unpaired) electrons. The number of aliphatic carboxylic acids is 1. The topological polar surface area (TPSA) is 128 Å². The van der Waals surface area contributed by atoms with E-state index in [-0.39, 0.29) is 0 Å². The van der Waals surface area contributed by atoms with Crippen molar-refractivity contribution in [1.82, 2.24) is 20.2 Å². The summed E-state index contributed by atoms with van der Waals surface area (Å²) in [7, 11) is 0. The van der Waals surface area contributed by atoms with Crippen LogP contribution in [0.1, 0.15) is 36.2 Å². The molecule has 0 spiro atoms. The van der Waals surface area contributed by atoms with Gasteiger partial charge in [0, 0.05) is 37.6 Å². The number of aromatic nitrogens is 2. The van der Waals surface area contributed by atoms with E-state index in [4.69, 9.17) is 16.8 Å². The third-order valence-electron chi connectivity index (χ3n) is 5.60. The van der Waals surface area contributed by atoms with Gasteiger partial charge in [-0.25, -0.2) is 9.00 Å². The molecule has 0 aliphatic rings. The van der Waals surface area contributed by atoms with Gasteiger partial charge in [0.15, 0.2) is 0 Å². The Bertz CT molecular complexity index is 1110. The first-order valence-corrected chi connectivity index (χ1v) is 13.4. The number of thiocarbonyl (C=S) groups is 1. The molecule has 3 rings (SSSR count). The van der Waals surface area contributed by atoms with Gasteiger partial charge < -0.3 is 10.4 Å². The Morgan fingerprint density at radius 3 is 2.11 bits per heavy atom. The second-order valence-electron chi connectivity index (χ2n) is 8.53. The van der Waals surface area contributed by atoms with Crippen LogP contribution in [0.2, 0.25) is 0 Å². The minimum Gasteiger partial charge on any atom is -0.480 e. The fraction of sp³-hybridized carbons (Fsp3) is 0.308. The van der Waals surface area contributed by atoms with Crippen molar-refractivity contribution in [2.75, 3.05) is 11.3 Å². The van der Waals surface area contributed by atoms with Crippen LogP contribution in [0, 0.1) is 0 Å². The number of unbranched alkanes of at least 4 members (excludes halogenated alkanes) is 1. The molecule has 1 aromatic carbocycles. The maximum absolute atomic E-state index is 11.8. The van der Waals surface area contributed by atoms with Gasteiger partial charge in [0.05, 0.1) is 16.4 Å². The molecule has 0 saturated heterocycles. The lowest BCUT2D eigenvalue weighted by Gasteiger charge is -2.22. The summed E-state index contributed by atoms with van der Waals surface area (Å²) in [6.07, 6.45) is 5.92. The van der Waals surface area contributed by atoms with Crippen LogP contribution >= 0.6 is 12.2 Å². The average molecular weight is 542 g/mol. The Kier molecular flexibility index (Phi) is 11.6. The molecule has 9 nitrogen and oxygen atoms in total. The number of rotatable bonds is 15. The van der Waals surface area contributed by atoms with Crippen LogP contribution in [0.3, 0.4) is 0 Å². The lowest BCUT2D eigenvalue weighted by molar-refractivity contribution is -0.139. The molecule has 0 aliphatic carbocycles. The van der Waals surface area contributed by atoms with E-state index in [2.05, 4.69) is 24.9 Å². The van der Waals surface area contributed by atoms with Crippen molar-refractivity contribution in [3.05, 3.63) is 90.0 Å². The number of nitrogens with zero attached hydrogens (tertiary/aromatic N) is 3. The summed E-state index contributed by atoms with van der Waals surface area (Å²) in [5.41, 5.74) is 3.33. The zero-order valence-corrected chi connectivity index (χ0v) is 22.0. The number of carboxylic acids is 1. The van der Waals surface area contributed by atoms with Gasteiger partial charge >= 0.3 is 5.97 Å². The van der Waals surface area contributed by atoms with E-state index in [1.807, 2.05) is 36.4 Å². The SMILES string of the molecule is O=C(O)C(CCCCN(Cc1ccccn1)Cc1ccccn1)NC(=S)Cc1ccc(NS(=O)O)cc1.